The van der Waals surface area contributed by atoms with E-state index in [2.05, 4.69) is 9.88 Å². The zero-order valence-electron chi connectivity index (χ0n) is 25.8. The zero-order valence-corrected chi connectivity index (χ0v) is 26.5. The molecule has 6 rings (SSSR count). The minimum Gasteiger partial charge on any atom is -0.481 e. The van der Waals surface area contributed by atoms with Crippen LogP contribution in [0.25, 0.3) is 5.65 Å². The summed E-state index contributed by atoms with van der Waals surface area (Å²) in [5.41, 5.74) is 1.66. The summed E-state index contributed by atoms with van der Waals surface area (Å²) in [6, 6.07) is 14.8. The smallest absolute Gasteiger partial charge is 0.324 e. The molecular formula is C34H33ClFN5O6. The highest BCUT2D eigenvalue weighted by atomic mass is 35.5. The number of ether oxygens (including phenoxy) is 2. The first-order valence-corrected chi connectivity index (χ1v) is 15.7. The highest BCUT2D eigenvalue weighted by Crippen LogP contribution is 2.31. The van der Waals surface area contributed by atoms with E-state index in [4.69, 9.17) is 21.1 Å². The lowest BCUT2D eigenvalue weighted by molar-refractivity contribution is -0.118. The number of Topliss-reactive ketones (excluding diaryl/α,β-unsaturated/α-hetero) is 2. The monoisotopic (exact) mass is 661 g/mol. The van der Waals surface area contributed by atoms with Crippen LogP contribution >= 0.6 is 11.6 Å². The Balaban J connectivity index is 1.39. The Bertz CT molecular complexity index is 1900. The van der Waals surface area contributed by atoms with Crippen molar-refractivity contribution in [3.63, 3.8) is 0 Å². The number of aromatic nitrogens is 2. The maximum atomic E-state index is 14.2. The molecule has 4 heterocycles. The van der Waals surface area contributed by atoms with Gasteiger partial charge in [-0.1, -0.05) is 48.0 Å². The minimum absolute atomic E-state index is 0.000218. The molecule has 0 bridgehead atoms. The van der Waals surface area contributed by atoms with Crippen LogP contribution in [0.5, 0.6) is 5.75 Å². The van der Waals surface area contributed by atoms with Crippen LogP contribution in [0.4, 0.5) is 20.6 Å². The van der Waals surface area contributed by atoms with Crippen LogP contribution in [-0.4, -0.2) is 78.3 Å². The number of likely N-dealkylation sites (N-methyl/N-ethyl adjacent to an activating group) is 1. The summed E-state index contributed by atoms with van der Waals surface area (Å²) in [7, 11) is 1.69. The van der Waals surface area contributed by atoms with E-state index >= 15 is 0 Å². The molecule has 11 nitrogen and oxygen atoms in total. The fourth-order valence-electron chi connectivity index (χ4n) is 5.64. The van der Waals surface area contributed by atoms with E-state index in [-0.39, 0.29) is 59.8 Å². The number of carbonyl (C=O) groups excluding carboxylic acids is 3. The molecule has 2 aromatic heterocycles. The zero-order chi connectivity index (χ0) is 33.1. The van der Waals surface area contributed by atoms with E-state index in [1.165, 1.54) is 22.6 Å². The van der Waals surface area contributed by atoms with Gasteiger partial charge in [0.1, 0.15) is 18.2 Å². The first kappa shape index (κ1) is 32.1. The Morgan fingerprint density at radius 3 is 2.45 bits per heavy atom. The Labute approximate surface area is 275 Å². The molecule has 0 radical (unpaired) electrons. The molecule has 4 aromatic rings. The van der Waals surface area contributed by atoms with Gasteiger partial charge in [0.2, 0.25) is 5.75 Å². The van der Waals surface area contributed by atoms with Crippen LogP contribution < -0.4 is 20.1 Å². The van der Waals surface area contributed by atoms with Crippen LogP contribution in [0.1, 0.15) is 34.5 Å². The summed E-state index contributed by atoms with van der Waals surface area (Å²) < 4.78 is 26.4. The Morgan fingerprint density at radius 2 is 1.74 bits per heavy atom. The van der Waals surface area contributed by atoms with Gasteiger partial charge >= 0.3 is 11.6 Å². The normalized spacial score (nSPS) is 15.0. The highest BCUT2D eigenvalue weighted by Gasteiger charge is 2.31. The molecule has 0 N–H and O–H groups in total. The van der Waals surface area contributed by atoms with E-state index in [0.29, 0.717) is 56.3 Å². The van der Waals surface area contributed by atoms with Crippen LogP contribution in [0, 0.1) is 5.82 Å². The quantitative estimate of drug-likeness (QED) is 0.215. The average Bonchev–Trinajstić information content (AvgIpc) is 3.42. The second-order valence-electron chi connectivity index (χ2n) is 11.5. The lowest BCUT2D eigenvalue weighted by Gasteiger charge is -2.30. The molecule has 2 aliphatic rings. The van der Waals surface area contributed by atoms with Crippen molar-refractivity contribution in [1.82, 2.24) is 14.3 Å². The molecule has 2 saturated heterocycles. The van der Waals surface area contributed by atoms with Gasteiger partial charge in [0, 0.05) is 58.7 Å². The fraction of sp³-hybridized carbons (Fsp3) is 0.324. The van der Waals surface area contributed by atoms with E-state index < -0.39 is 17.2 Å². The van der Waals surface area contributed by atoms with Gasteiger partial charge in [-0.3, -0.25) is 23.7 Å². The van der Waals surface area contributed by atoms with E-state index in [0.717, 1.165) is 5.56 Å². The number of rotatable bonds is 11. The number of pyridine rings is 1. The Morgan fingerprint density at radius 1 is 0.979 bits per heavy atom. The third kappa shape index (κ3) is 6.98. The van der Waals surface area contributed by atoms with Gasteiger partial charge in [-0.15, -0.1) is 0 Å². The molecule has 2 amide bonds. The fourth-order valence-corrected chi connectivity index (χ4v) is 5.84. The van der Waals surface area contributed by atoms with E-state index in [9.17, 15) is 23.6 Å². The lowest BCUT2D eigenvalue weighted by atomic mass is 10.0. The minimum atomic E-state index is -0.613. The first-order chi connectivity index (χ1) is 22.7. The number of amides is 2. The van der Waals surface area contributed by atoms with Crippen LogP contribution in [0.3, 0.4) is 0 Å². The number of morpholine rings is 1. The molecule has 2 aliphatic heterocycles. The molecule has 2 aromatic carbocycles. The highest BCUT2D eigenvalue weighted by molar-refractivity contribution is 6.30. The maximum Gasteiger partial charge on any atom is 0.324 e. The van der Waals surface area contributed by atoms with Gasteiger partial charge in [0.15, 0.2) is 17.1 Å². The van der Waals surface area contributed by atoms with Crippen molar-refractivity contribution in [3.05, 3.63) is 98.8 Å². The summed E-state index contributed by atoms with van der Waals surface area (Å²) in [5, 5.41) is -0.0947. The number of hydrogen-bond donors (Lipinski definition) is 0. The first-order valence-electron chi connectivity index (χ1n) is 15.3. The number of nitrogens with zero attached hydrogens (tertiary/aromatic N) is 5. The van der Waals surface area contributed by atoms with Crippen molar-refractivity contribution in [2.75, 3.05) is 56.2 Å². The topological polar surface area (TPSA) is 114 Å². The molecule has 47 heavy (non-hydrogen) atoms. The lowest BCUT2D eigenvalue weighted by Crippen LogP contribution is -2.37. The SMILES string of the molecule is CN1CCN(c2cc(N3CCOCC3)cn3c(=O)c(OCc4ccccc4)c(C(=O)CCC(=O)Cc4ccc(F)c(Cl)c4)nc23)C1=O. The molecule has 0 atom stereocenters. The Hall–Kier alpha value is -4.81. The van der Waals surface area contributed by atoms with Gasteiger partial charge in [0.05, 0.1) is 29.6 Å². The second-order valence-corrected chi connectivity index (χ2v) is 11.9. The largest absolute Gasteiger partial charge is 0.481 e. The number of benzene rings is 2. The molecule has 0 spiro atoms. The van der Waals surface area contributed by atoms with E-state index in [1.54, 1.807) is 29.1 Å². The predicted molar refractivity (Wildman–Crippen MR) is 174 cm³/mol. The van der Waals surface area contributed by atoms with Crippen LogP contribution in [0.15, 0.2) is 65.6 Å². The summed E-state index contributed by atoms with van der Waals surface area (Å²) in [6.07, 6.45) is 1.21. The van der Waals surface area contributed by atoms with Crippen molar-refractivity contribution in [3.8, 4) is 5.75 Å². The second kappa shape index (κ2) is 13.9. The summed E-state index contributed by atoms with van der Waals surface area (Å²) >= 11 is 5.86. The van der Waals surface area contributed by atoms with Gasteiger partial charge in [-0.25, -0.2) is 14.2 Å². The van der Waals surface area contributed by atoms with Gasteiger partial charge in [-0.05, 0) is 29.3 Å². The van der Waals surface area contributed by atoms with Crippen molar-refractivity contribution in [2.24, 2.45) is 0 Å². The number of anilines is 2. The predicted octanol–water partition coefficient (Wildman–Crippen LogP) is 4.55. The summed E-state index contributed by atoms with van der Waals surface area (Å²) in [5.74, 6) is -1.67. The van der Waals surface area contributed by atoms with Crippen molar-refractivity contribution >= 4 is 46.2 Å². The van der Waals surface area contributed by atoms with Gasteiger partial charge in [-0.2, -0.15) is 0 Å². The number of ketones is 2. The molecule has 13 heteroatoms. The standard InChI is InChI=1S/C34H33ClFN5O6/c1-38-11-12-40(34(38)45)28-19-24(39-13-15-46-16-14-39)20-41-32(28)37-30(31(33(41)44)47-21-22-5-3-2-4-6-22)29(43)10-8-25(42)17-23-7-9-27(36)26(35)18-23/h2-7,9,18-20H,8,10-17,21H2,1H3. The van der Waals surface area contributed by atoms with Gasteiger partial charge in [0.25, 0.3) is 0 Å². The molecule has 0 aliphatic carbocycles. The number of fused-ring (bicyclic) bond motifs is 1. The van der Waals surface area contributed by atoms with Crippen molar-refractivity contribution < 1.29 is 28.2 Å². The van der Waals surface area contributed by atoms with Crippen molar-refractivity contribution in [1.29, 1.82) is 0 Å². The maximum absolute atomic E-state index is 14.2. The molecule has 0 saturated carbocycles. The number of hydrogen-bond acceptors (Lipinski definition) is 8. The van der Waals surface area contributed by atoms with E-state index in [1.807, 2.05) is 30.3 Å². The molecule has 2 fully saturated rings. The molecule has 0 unspecified atom stereocenters. The van der Waals surface area contributed by atoms with Crippen LogP contribution in [0.2, 0.25) is 5.02 Å². The summed E-state index contributed by atoms with van der Waals surface area (Å²) in [4.78, 5) is 63.9. The summed E-state index contributed by atoms with van der Waals surface area (Å²) in [6.45, 7) is 3.04. The van der Waals surface area contributed by atoms with Gasteiger partial charge < -0.3 is 19.3 Å². The van der Waals surface area contributed by atoms with Crippen molar-refractivity contribution in [2.45, 2.75) is 25.9 Å². The number of urea groups is 1. The Kier molecular flexibility index (Phi) is 9.50. The average molecular weight is 662 g/mol. The number of halogens is 2. The number of carbonyl (C=O) groups is 3. The third-order valence-electron chi connectivity index (χ3n) is 8.24. The third-order valence-corrected chi connectivity index (χ3v) is 8.53. The van der Waals surface area contributed by atoms with Crippen LogP contribution in [-0.2, 0) is 22.6 Å². The molecule has 244 valence electrons. The molecular weight excluding hydrogens is 629 g/mol.